The van der Waals surface area contributed by atoms with Gasteiger partial charge in [0, 0.05) is 6.20 Å². The minimum absolute atomic E-state index is 0.158. The molecule has 2 heterocycles. The van der Waals surface area contributed by atoms with Crippen LogP contribution in [0.25, 0.3) is 6.08 Å². The molecule has 9 heteroatoms. The van der Waals surface area contributed by atoms with E-state index in [-0.39, 0.29) is 11.3 Å². The Balaban J connectivity index is 2.48. The predicted molar refractivity (Wildman–Crippen MR) is 102 cm³/mol. The molecule has 0 spiro atoms. The second-order valence-electron chi connectivity index (χ2n) is 6.23. The van der Waals surface area contributed by atoms with Crippen LogP contribution in [0.1, 0.15) is 17.2 Å². The van der Waals surface area contributed by atoms with E-state index in [1.807, 2.05) is 6.07 Å². The summed E-state index contributed by atoms with van der Waals surface area (Å²) >= 11 is 0. The molecule has 0 aliphatic carbocycles. The van der Waals surface area contributed by atoms with Gasteiger partial charge >= 0.3 is 23.9 Å². The number of esters is 4. The van der Waals surface area contributed by atoms with E-state index in [1.54, 1.807) is 24.3 Å². The van der Waals surface area contributed by atoms with Gasteiger partial charge in [-0.3, -0.25) is 0 Å². The van der Waals surface area contributed by atoms with Crippen LogP contribution in [0.3, 0.4) is 0 Å². The summed E-state index contributed by atoms with van der Waals surface area (Å²) in [6.45, 7) is 0. The summed E-state index contributed by atoms with van der Waals surface area (Å²) in [5.41, 5.74) is 0.101. The Kier molecular flexibility index (Phi) is 5.72. The maximum absolute atomic E-state index is 12.8. The van der Waals surface area contributed by atoms with Gasteiger partial charge in [0.1, 0.15) is 11.3 Å². The molecule has 0 fully saturated rings. The number of ether oxygens (including phenoxy) is 4. The van der Waals surface area contributed by atoms with Gasteiger partial charge in [-0.1, -0.05) is 24.3 Å². The van der Waals surface area contributed by atoms with Gasteiger partial charge < -0.3 is 23.8 Å². The molecule has 0 N–H and O–H groups in total. The maximum atomic E-state index is 12.8. The normalized spacial score (nSPS) is 17.1. The molecule has 0 aromatic heterocycles. The Morgan fingerprint density at radius 2 is 1.33 bits per heavy atom. The number of fused-ring (bicyclic) bond motifs is 3. The number of benzene rings is 1. The first kappa shape index (κ1) is 20.8. The highest BCUT2D eigenvalue weighted by Crippen LogP contribution is 2.46. The third-order valence-electron chi connectivity index (χ3n) is 4.83. The van der Waals surface area contributed by atoms with E-state index in [2.05, 4.69) is 0 Å². The summed E-state index contributed by atoms with van der Waals surface area (Å²) in [4.78, 5) is 52.4. The first-order chi connectivity index (χ1) is 14.4. The highest BCUT2D eigenvalue weighted by Gasteiger charge is 2.47. The van der Waals surface area contributed by atoms with Gasteiger partial charge in [0.05, 0.1) is 45.6 Å². The van der Waals surface area contributed by atoms with E-state index in [0.29, 0.717) is 5.56 Å². The smallest absolute Gasteiger partial charge is 0.355 e. The average Bonchev–Trinajstić information content (AvgIpc) is 2.79. The van der Waals surface area contributed by atoms with E-state index >= 15 is 0 Å². The lowest BCUT2D eigenvalue weighted by Gasteiger charge is -2.40. The lowest BCUT2D eigenvalue weighted by atomic mass is 9.81. The van der Waals surface area contributed by atoms with Crippen LogP contribution in [0, 0.1) is 0 Å². The molecule has 30 heavy (non-hydrogen) atoms. The summed E-state index contributed by atoms with van der Waals surface area (Å²) in [5, 5.41) is 0. The van der Waals surface area contributed by atoms with Crippen molar-refractivity contribution in [3.05, 3.63) is 64.0 Å². The van der Waals surface area contributed by atoms with Crippen molar-refractivity contribution < 1.29 is 38.1 Å². The van der Waals surface area contributed by atoms with Gasteiger partial charge in [-0.15, -0.1) is 0 Å². The Morgan fingerprint density at radius 1 is 0.767 bits per heavy atom. The molecule has 1 unspecified atom stereocenters. The summed E-state index contributed by atoms with van der Waals surface area (Å²) in [6, 6.07) is 6.18. The summed E-state index contributed by atoms with van der Waals surface area (Å²) in [5.74, 6) is -3.76. The predicted octanol–water partition coefficient (Wildman–Crippen LogP) is 1.27. The van der Waals surface area contributed by atoms with E-state index in [4.69, 9.17) is 18.9 Å². The molecule has 0 saturated heterocycles. The topological polar surface area (TPSA) is 108 Å². The fraction of sp³-hybridized carbons (Fsp3) is 0.238. The van der Waals surface area contributed by atoms with Gasteiger partial charge in [0.15, 0.2) is 0 Å². The van der Waals surface area contributed by atoms with Crippen LogP contribution in [-0.4, -0.2) is 57.2 Å². The van der Waals surface area contributed by atoms with Crippen molar-refractivity contribution in [3.8, 4) is 0 Å². The SMILES string of the molecule is COC(=O)C1=C(C(=O)OC)C2c3ccccc3C=CN2C(C(=O)OC)=C1C(=O)OC. The third-order valence-corrected chi connectivity index (χ3v) is 4.83. The number of hydrogen-bond acceptors (Lipinski definition) is 9. The molecule has 0 amide bonds. The molecule has 0 radical (unpaired) electrons. The highest BCUT2D eigenvalue weighted by atomic mass is 16.5. The second-order valence-corrected chi connectivity index (χ2v) is 6.23. The molecule has 0 saturated carbocycles. The van der Waals surface area contributed by atoms with Crippen molar-refractivity contribution in [2.24, 2.45) is 0 Å². The quantitative estimate of drug-likeness (QED) is 0.532. The van der Waals surface area contributed by atoms with Gasteiger partial charge in [0.2, 0.25) is 0 Å². The zero-order valence-corrected chi connectivity index (χ0v) is 16.8. The van der Waals surface area contributed by atoms with Gasteiger partial charge in [-0.2, -0.15) is 0 Å². The van der Waals surface area contributed by atoms with Crippen molar-refractivity contribution in [1.82, 2.24) is 4.90 Å². The van der Waals surface area contributed by atoms with Crippen LogP contribution in [0.2, 0.25) is 0 Å². The molecule has 156 valence electrons. The molecule has 2 aliphatic heterocycles. The van der Waals surface area contributed by atoms with Crippen molar-refractivity contribution in [3.63, 3.8) is 0 Å². The van der Waals surface area contributed by atoms with Crippen LogP contribution < -0.4 is 0 Å². The van der Waals surface area contributed by atoms with Gasteiger partial charge in [-0.05, 0) is 17.2 Å². The molecule has 1 aromatic rings. The maximum Gasteiger partial charge on any atom is 0.355 e. The van der Waals surface area contributed by atoms with Crippen molar-refractivity contribution >= 4 is 30.0 Å². The molecular weight excluding hydrogens is 394 g/mol. The Labute approximate surface area is 172 Å². The van der Waals surface area contributed by atoms with Crippen molar-refractivity contribution in [2.75, 3.05) is 28.4 Å². The zero-order valence-electron chi connectivity index (χ0n) is 16.8. The number of nitrogens with zero attached hydrogens (tertiary/aromatic N) is 1. The minimum atomic E-state index is -1.01. The first-order valence-corrected chi connectivity index (χ1v) is 8.78. The molecule has 3 rings (SSSR count). The average molecular weight is 413 g/mol. The molecule has 2 aliphatic rings. The van der Waals surface area contributed by atoms with E-state index in [0.717, 1.165) is 34.0 Å². The van der Waals surface area contributed by atoms with Gasteiger partial charge in [0.25, 0.3) is 0 Å². The van der Waals surface area contributed by atoms with Crippen LogP contribution in [0.4, 0.5) is 0 Å². The minimum Gasteiger partial charge on any atom is -0.466 e. The van der Waals surface area contributed by atoms with Crippen LogP contribution in [0.5, 0.6) is 0 Å². The molecule has 9 nitrogen and oxygen atoms in total. The Bertz CT molecular complexity index is 1030. The summed E-state index contributed by atoms with van der Waals surface area (Å²) < 4.78 is 19.4. The fourth-order valence-corrected chi connectivity index (χ4v) is 3.57. The standard InChI is InChI=1S/C21H19NO8/c1-27-18(23)13-14(19(24)28-2)16-12-8-6-5-7-11(12)9-10-22(16)17(21(26)30-4)15(13)20(25)29-3/h5-10,16H,1-4H3. The fourth-order valence-electron chi connectivity index (χ4n) is 3.57. The highest BCUT2D eigenvalue weighted by molar-refractivity contribution is 6.16. The van der Waals surface area contributed by atoms with Crippen molar-refractivity contribution in [1.29, 1.82) is 0 Å². The first-order valence-electron chi connectivity index (χ1n) is 8.78. The molecule has 0 bridgehead atoms. The lowest BCUT2D eigenvalue weighted by Crippen LogP contribution is -2.41. The van der Waals surface area contributed by atoms with E-state index in [9.17, 15) is 19.2 Å². The monoisotopic (exact) mass is 413 g/mol. The van der Waals surface area contributed by atoms with Crippen molar-refractivity contribution in [2.45, 2.75) is 6.04 Å². The van der Waals surface area contributed by atoms with E-state index in [1.165, 1.54) is 11.1 Å². The largest absolute Gasteiger partial charge is 0.466 e. The molecule has 1 atom stereocenters. The number of rotatable bonds is 4. The molecule has 1 aromatic carbocycles. The summed E-state index contributed by atoms with van der Waals surface area (Å²) in [6.07, 6.45) is 3.24. The zero-order chi connectivity index (χ0) is 22.0. The van der Waals surface area contributed by atoms with Crippen LogP contribution in [-0.2, 0) is 38.1 Å². The third kappa shape index (κ3) is 3.14. The molecular formula is C21H19NO8. The number of hydrogen-bond donors (Lipinski definition) is 0. The van der Waals surface area contributed by atoms with E-state index < -0.39 is 41.1 Å². The van der Waals surface area contributed by atoms with Gasteiger partial charge in [-0.25, -0.2) is 19.2 Å². The van der Waals surface area contributed by atoms with Crippen LogP contribution in [0.15, 0.2) is 52.9 Å². The lowest BCUT2D eigenvalue weighted by molar-refractivity contribution is -0.143. The number of carbonyl (C=O) groups is 4. The number of carbonyl (C=O) groups excluding carboxylic acids is 4. The Morgan fingerprint density at radius 3 is 1.93 bits per heavy atom. The Hall–Kier alpha value is -3.88. The van der Waals surface area contributed by atoms with Crippen LogP contribution >= 0.6 is 0 Å². The number of methoxy groups -OCH3 is 4. The second kappa shape index (κ2) is 8.24. The summed E-state index contributed by atoms with van der Waals surface area (Å²) in [7, 11) is 4.47.